The molecule has 0 spiro atoms. The van der Waals surface area contributed by atoms with Crippen LogP contribution in [0.1, 0.15) is 0 Å². The fourth-order valence-electron chi connectivity index (χ4n) is 0.316. The van der Waals surface area contributed by atoms with Crippen LogP contribution in [0, 0.1) is 0 Å². The van der Waals surface area contributed by atoms with E-state index in [0.717, 1.165) is 0 Å². The van der Waals surface area contributed by atoms with Gasteiger partial charge in [0.05, 0.1) is 6.61 Å². The molecule has 53 valence electrons. The van der Waals surface area contributed by atoms with E-state index in [9.17, 15) is 9.90 Å². The summed E-state index contributed by atoms with van der Waals surface area (Å²) in [6, 6.07) is -0.217. The monoisotopic (exact) mass is 131 g/mol. The van der Waals surface area contributed by atoms with E-state index in [1.807, 2.05) is 0 Å². The highest BCUT2D eigenvalue weighted by Crippen LogP contribution is 1.73. The van der Waals surface area contributed by atoms with E-state index in [1.54, 1.807) is 14.1 Å². The minimum Gasteiger partial charge on any atom is -0.336 e. The number of nitrogens with one attached hydrogen (secondary N) is 1. The normalized spacial score (nSPS) is 8.78. The third kappa shape index (κ3) is 3.78. The molecule has 0 bridgehead atoms. The van der Waals surface area contributed by atoms with E-state index in [2.05, 4.69) is 5.32 Å². The first-order chi connectivity index (χ1) is 4.18. The van der Waals surface area contributed by atoms with Crippen molar-refractivity contribution >= 4 is 6.03 Å². The molecule has 0 atom stereocenters. The second-order valence-corrected chi connectivity index (χ2v) is 1.83. The first kappa shape index (κ1) is 8.23. The van der Waals surface area contributed by atoms with Gasteiger partial charge in [-0.3, -0.25) is 0 Å². The van der Waals surface area contributed by atoms with Gasteiger partial charge in [-0.2, -0.15) is 0 Å². The maximum absolute atomic E-state index is 10.6. The summed E-state index contributed by atoms with van der Waals surface area (Å²) >= 11 is 0. The lowest BCUT2D eigenvalue weighted by Crippen LogP contribution is -2.35. The van der Waals surface area contributed by atoms with Crippen LogP contribution in [0.5, 0.6) is 0 Å². The number of hydrogen-bond donors (Lipinski definition) is 1. The third-order valence-corrected chi connectivity index (χ3v) is 0.784. The van der Waals surface area contributed by atoms with E-state index in [0.29, 0.717) is 0 Å². The molecule has 0 fully saturated rings. The Morgan fingerprint density at radius 3 is 2.44 bits per heavy atom. The van der Waals surface area contributed by atoms with Gasteiger partial charge in [0, 0.05) is 20.6 Å². The van der Waals surface area contributed by atoms with Crippen molar-refractivity contribution in [3.8, 4) is 0 Å². The predicted molar refractivity (Wildman–Crippen MR) is 32.6 cm³/mol. The number of amides is 2. The lowest BCUT2D eigenvalue weighted by atomic mass is 10.7. The average molecular weight is 131 g/mol. The van der Waals surface area contributed by atoms with Crippen LogP contribution < -0.4 is 5.32 Å². The van der Waals surface area contributed by atoms with Crippen molar-refractivity contribution in [3.05, 3.63) is 0 Å². The molecule has 0 heterocycles. The summed E-state index contributed by atoms with van der Waals surface area (Å²) < 4.78 is 0. The van der Waals surface area contributed by atoms with Crippen LogP contribution in [-0.2, 0) is 5.11 Å². The minimum absolute atomic E-state index is 0.205. The molecule has 0 aliphatic rings. The molecule has 0 aliphatic heterocycles. The van der Waals surface area contributed by atoms with Gasteiger partial charge in [0.25, 0.3) is 0 Å². The van der Waals surface area contributed by atoms with Gasteiger partial charge in [0.2, 0.25) is 0 Å². The quantitative estimate of drug-likeness (QED) is 0.549. The zero-order valence-electron chi connectivity index (χ0n) is 5.68. The Kier molecular flexibility index (Phi) is 3.79. The molecule has 1 radical (unpaired) electrons. The molecular weight excluding hydrogens is 120 g/mol. The van der Waals surface area contributed by atoms with Gasteiger partial charge in [-0.25, -0.2) is 9.90 Å². The summed E-state index contributed by atoms with van der Waals surface area (Å²) in [6.45, 7) is -0.0589. The molecule has 0 aromatic heterocycles. The van der Waals surface area contributed by atoms with Crippen molar-refractivity contribution in [1.29, 1.82) is 0 Å². The van der Waals surface area contributed by atoms with E-state index in [4.69, 9.17) is 0 Å². The molecular formula is C5H11N2O2. The van der Waals surface area contributed by atoms with Gasteiger partial charge in [0.1, 0.15) is 0 Å². The van der Waals surface area contributed by atoms with E-state index < -0.39 is 0 Å². The van der Waals surface area contributed by atoms with Crippen LogP contribution in [0.3, 0.4) is 0 Å². The van der Waals surface area contributed by atoms with Crippen LogP contribution >= 0.6 is 0 Å². The smallest absolute Gasteiger partial charge is 0.316 e. The van der Waals surface area contributed by atoms with E-state index in [1.165, 1.54) is 4.90 Å². The summed E-state index contributed by atoms with van der Waals surface area (Å²) in [6.07, 6.45) is 0. The lowest BCUT2D eigenvalue weighted by Gasteiger charge is -2.09. The van der Waals surface area contributed by atoms with Crippen LogP contribution in [0.2, 0.25) is 0 Å². The highest BCUT2D eigenvalue weighted by atomic mass is 16.3. The minimum atomic E-state index is -0.264. The molecule has 0 aromatic carbocycles. The van der Waals surface area contributed by atoms with Gasteiger partial charge in [0.15, 0.2) is 0 Å². The topological polar surface area (TPSA) is 52.2 Å². The Morgan fingerprint density at radius 1 is 1.56 bits per heavy atom. The van der Waals surface area contributed by atoms with Crippen molar-refractivity contribution in [2.45, 2.75) is 0 Å². The van der Waals surface area contributed by atoms with Gasteiger partial charge >= 0.3 is 6.03 Å². The van der Waals surface area contributed by atoms with Crippen molar-refractivity contribution in [2.24, 2.45) is 0 Å². The number of hydrogen-bond acceptors (Lipinski definition) is 1. The van der Waals surface area contributed by atoms with Gasteiger partial charge in [-0.15, -0.1) is 0 Å². The van der Waals surface area contributed by atoms with Gasteiger partial charge < -0.3 is 10.2 Å². The Balaban J connectivity index is 3.28. The zero-order valence-corrected chi connectivity index (χ0v) is 5.68. The molecule has 1 N–H and O–H groups in total. The second kappa shape index (κ2) is 4.14. The van der Waals surface area contributed by atoms with Crippen LogP contribution in [0.25, 0.3) is 0 Å². The number of carbonyl (C=O) groups excluding carboxylic acids is 1. The molecule has 0 unspecified atom stereocenters. The number of nitrogens with zero attached hydrogens (tertiary/aromatic N) is 1. The maximum atomic E-state index is 10.6. The van der Waals surface area contributed by atoms with Gasteiger partial charge in [-0.05, 0) is 0 Å². The Hall–Kier alpha value is -0.770. The molecule has 2 amide bonds. The number of urea groups is 1. The van der Waals surface area contributed by atoms with Crippen molar-refractivity contribution in [3.63, 3.8) is 0 Å². The summed E-state index contributed by atoms with van der Waals surface area (Å²) in [5, 5.41) is 12.2. The van der Waals surface area contributed by atoms with Crippen LogP contribution in [0.15, 0.2) is 0 Å². The van der Waals surface area contributed by atoms with Crippen molar-refractivity contribution in [1.82, 2.24) is 10.2 Å². The molecule has 0 saturated carbocycles. The second-order valence-electron chi connectivity index (χ2n) is 1.83. The molecule has 4 nitrogen and oxygen atoms in total. The molecule has 4 heteroatoms. The lowest BCUT2D eigenvalue weighted by molar-refractivity contribution is 0.184. The molecule has 9 heavy (non-hydrogen) atoms. The molecule has 0 rings (SSSR count). The summed E-state index contributed by atoms with van der Waals surface area (Å²) in [5.74, 6) is 0. The Bertz CT molecular complexity index is 93.0. The largest absolute Gasteiger partial charge is 0.336 e. The van der Waals surface area contributed by atoms with E-state index in [-0.39, 0.29) is 19.2 Å². The summed E-state index contributed by atoms with van der Waals surface area (Å²) in [5.41, 5.74) is 0. The molecule has 0 saturated heterocycles. The number of rotatable bonds is 2. The first-order valence-corrected chi connectivity index (χ1v) is 2.71. The zero-order chi connectivity index (χ0) is 7.28. The van der Waals surface area contributed by atoms with Crippen LogP contribution in [0.4, 0.5) is 4.79 Å². The third-order valence-electron chi connectivity index (χ3n) is 0.784. The Morgan fingerprint density at radius 2 is 2.11 bits per heavy atom. The Labute approximate surface area is 54.5 Å². The average Bonchev–Trinajstić information content (AvgIpc) is 1.82. The standard InChI is InChI=1S/C5H11N2O2/c1-7(2)5(9)6-3-4-8/h3-4H2,1-2H3,(H,6,9). The highest BCUT2D eigenvalue weighted by molar-refractivity contribution is 5.73. The summed E-state index contributed by atoms with van der Waals surface area (Å²) in [4.78, 5) is 12.0. The van der Waals surface area contributed by atoms with E-state index >= 15 is 0 Å². The highest BCUT2D eigenvalue weighted by Gasteiger charge is 1.98. The number of carbonyl (C=O) groups is 1. The molecule has 0 aromatic rings. The fourth-order valence-corrected chi connectivity index (χ4v) is 0.316. The van der Waals surface area contributed by atoms with Crippen molar-refractivity contribution in [2.75, 3.05) is 27.2 Å². The predicted octanol–water partition coefficient (Wildman–Crippen LogP) is -0.312. The SMILES string of the molecule is CN(C)C(=O)NCC[O]. The fraction of sp³-hybridized carbons (Fsp3) is 0.800. The first-order valence-electron chi connectivity index (χ1n) is 2.71. The maximum Gasteiger partial charge on any atom is 0.316 e. The van der Waals surface area contributed by atoms with Crippen molar-refractivity contribution < 1.29 is 9.90 Å². The van der Waals surface area contributed by atoms with Gasteiger partial charge in [-0.1, -0.05) is 0 Å². The molecule has 0 aliphatic carbocycles. The van der Waals surface area contributed by atoms with Crippen LogP contribution in [-0.4, -0.2) is 38.2 Å². The summed E-state index contributed by atoms with van der Waals surface area (Å²) in [7, 11) is 3.25.